The zero-order valence-corrected chi connectivity index (χ0v) is 14.1. The van der Waals surface area contributed by atoms with Gasteiger partial charge >= 0.3 is 0 Å². The maximum Gasteiger partial charge on any atom is 0.118 e. The van der Waals surface area contributed by atoms with E-state index < -0.39 is 0 Å². The summed E-state index contributed by atoms with van der Waals surface area (Å²) < 4.78 is 6.55. The summed E-state index contributed by atoms with van der Waals surface area (Å²) in [6, 6.07) is 17.4. The van der Waals surface area contributed by atoms with Gasteiger partial charge in [-0.2, -0.15) is 0 Å². The van der Waals surface area contributed by atoms with Crippen LogP contribution in [0.15, 0.2) is 48.5 Å². The molecule has 0 spiro atoms. The molecule has 1 unspecified atom stereocenters. The molecule has 0 aliphatic carbocycles. The van der Waals surface area contributed by atoms with Crippen LogP contribution in [0.4, 0.5) is 0 Å². The van der Waals surface area contributed by atoms with Crippen LogP contribution in [0.5, 0.6) is 5.75 Å². The Balaban J connectivity index is 1.54. The largest absolute Gasteiger partial charge is 0.497 e. The number of fused-ring (bicyclic) bond motifs is 1. The molecular formula is C19H20N2OS. The Labute approximate surface area is 140 Å². The number of hydrogen-bond donors (Lipinski definition) is 0. The SMILES string of the molecule is COc1ccc(C2CCCN2Cc2nc3ccccc3s2)cc1. The van der Waals surface area contributed by atoms with Gasteiger partial charge in [0.05, 0.1) is 23.9 Å². The molecule has 1 aliphatic rings. The van der Waals surface area contributed by atoms with E-state index in [-0.39, 0.29) is 0 Å². The van der Waals surface area contributed by atoms with Crippen LogP contribution >= 0.6 is 11.3 Å². The second-order valence-electron chi connectivity index (χ2n) is 5.98. The van der Waals surface area contributed by atoms with Gasteiger partial charge in [-0.15, -0.1) is 11.3 Å². The van der Waals surface area contributed by atoms with E-state index in [0.29, 0.717) is 6.04 Å². The summed E-state index contributed by atoms with van der Waals surface area (Å²) >= 11 is 1.81. The van der Waals surface area contributed by atoms with Gasteiger partial charge in [-0.1, -0.05) is 24.3 Å². The van der Waals surface area contributed by atoms with Gasteiger partial charge in [0.25, 0.3) is 0 Å². The lowest BCUT2D eigenvalue weighted by Crippen LogP contribution is -2.22. The minimum absolute atomic E-state index is 0.493. The van der Waals surface area contributed by atoms with Crippen LogP contribution in [0, 0.1) is 0 Å². The normalized spacial score (nSPS) is 18.6. The third kappa shape index (κ3) is 2.96. The molecule has 1 fully saturated rings. The van der Waals surface area contributed by atoms with Crippen molar-refractivity contribution >= 4 is 21.6 Å². The molecule has 23 heavy (non-hydrogen) atoms. The Morgan fingerprint density at radius 2 is 2.00 bits per heavy atom. The van der Waals surface area contributed by atoms with E-state index in [4.69, 9.17) is 9.72 Å². The number of aromatic nitrogens is 1. The highest BCUT2D eigenvalue weighted by molar-refractivity contribution is 7.18. The molecule has 0 N–H and O–H groups in total. The molecule has 2 heterocycles. The van der Waals surface area contributed by atoms with Crippen molar-refractivity contribution < 1.29 is 4.74 Å². The van der Waals surface area contributed by atoms with Crippen LogP contribution in [-0.4, -0.2) is 23.5 Å². The topological polar surface area (TPSA) is 25.4 Å². The summed E-state index contributed by atoms with van der Waals surface area (Å²) in [5, 5.41) is 1.21. The molecule has 3 nitrogen and oxygen atoms in total. The van der Waals surface area contributed by atoms with E-state index in [0.717, 1.165) is 24.4 Å². The monoisotopic (exact) mass is 324 g/mol. The smallest absolute Gasteiger partial charge is 0.118 e. The first-order valence-electron chi connectivity index (χ1n) is 8.06. The first kappa shape index (κ1) is 14.7. The van der Waals surface area contributed by atoms with Gasteiger partial charge in [0.15, 0.2) is 0 Å². The average Bonchev–Trinajstić information content (AvgIpc) is 3.21. The molecule has 0 bridgehead atoms. The lowest BCUT2D eigenvalue weighted by atomic mass is 10.0. The van der Waals surface area contributed by atoms with Crippen molar-refractivity contribution in [3.05, 3.63) is 59.1 Å². The number of thiazole rings is 1. The zero-order valence-electron chi connectivity index (χ0n) is 13.2. The third-order valence-corrected chi connectivity index (χ3v) is 5.56. The molecule has 0 radical (unpaired) electrons. The van der Waals surface area contributed by atoms with Gasteiger partial charge in [0.1, 0.15) is 10.8 Å². The maximum atomic E-state index is 5.27. The van der Waals surface area contributed by atoms with Crippen molar-refractivity contribution in [2.75, 3.05) is 13.7 Å². The number of hydrogen-bond acceptors (Lipinski definition) is 4. The Morgan fingerprint density at radius 3 is 2.78 bits per heavy atom. The Kier molecular flexibility index (Phi) is 4.02. The summed E-state index contributed by atoms with van der Waals surface area (Å²) in [4.78, 5) is 7.34. The fraction of sp³-hybridized carbons (Fsp3) is 0.316. The Hall–Kier alpha value is -1.91. The molecular weight excluding hydrogens is 304 g/mol. The van der Waals surface area contributed by atoms with Gasteiger partial charge in [0, 0.05) is 6.04 Å². The fourth-order valence-electron chi connectivity index (χ4n) is 3.38. The minimum atomic E-state index is 0.493. The number of benzene rings is 2. The minimum Gasteiger partial charge on any atom is -0.497 e. The van der Waals surface area contributed by atoms with Crippen LogP contribution < -0.4 is 4.74 Å². The van der Waals surface area contributed by atoms with Gasteiger partial charge < -0.3 is 4.74 Å². The van der Waals surface area contributed by atoms with Gasteiger partial charge in [-0.05, 0) is 49.2 Å². The van der Waals surface area contributed by atoms with E-state index in [1.54, 1.807) is 7.11 Å². The molecule has 0 saturated carbocycles. The summed E-state index contributed by atoms with van der Waals surface area (Å²) in [5.41, 5.74) is 2.50. The highest BCUT2D eigenvalue weighted by Crippen LogP contribution is 2.35. The van der Waals surface area contributed by atoms with Crippen LogP contribution in [0.2, 0.25) is 0 Å². The van der Waals surface area contributed by atoms with Gasteiger partial charge in [0.2, 0.25) is 0 Å². The summed E-state index contributed by atoms with van der Waals surface area (Å²) in [5.74, 6) is 0.921. The predicted octanol–water partition coefficient (Wildman–Crippen LogP) is 4.64. The molecule has 0 amide bonds. The molecule has 118 valence electrons. The van der Waals surface area contributed by atoms with Crippen LogP contribution in [0.1, 0.15) is 29.5 Å². The lowest BCUT2D eigenvalue weighted by Gasteiger charge is -2.24. The molecule has 1 aliphatic heterocycles. The van der Waals surface area contributed by atoms with Crippen LogP contribution in [0.3, 0.4) is 0 Å². The maximum absolute atomic E-state index is 5.27. The fourth-order valence-corrected chi connectivity index (χ4v) is 4.37. The summed E-state index contributed by atoms with van der Waals surface area (Å²) in [6.45, 7) is 2.09. The molecule has 1 aromatic heterocycles. The first-order valence-corrected chi connectivity index (χ1v) is 8.87. The van der Waals surface area contributed by atoms with Crippen molar-refractivity contribution in [3.8, 4) is 5.75 Å². The van der Waals surface area contributed by atoms with E-state index in [9.17, 15) is 0 Å². The van der Waals surface area contributed by atoms with Crippen molar-refractivity contribution in [2.45, 2.75) is 25.4 Å². The standard InChI is InChI=1S/C19H20N2OS/c1-22-15-10-8-14(9-11-15)17-6-4-12-21(17)13-19-20-16-5-2-3-7-18(16)23-19/h2-3,5,7-11,17H,4,6,12-13H2,1H3. The zero-order chi connectivity index (χ0) is 15.6. The van der Waals surface area contributed by atoms with Gasteiger partial charge in [-0.3, -0.25) is 4.90 Å². The molecule has 2 aromatic carbocycles. The van der Waals surface area contributed by atoms with E-state index in [1.165, 1.54) is 28.1 Å². The molecule has 3 aromatic rings. The van der Waals surface area contributed by atoms with Crippen molar-refractivity contribution in [1.29, 1.82) is 0 Å². The van der Waals surface area contributed by atoms with Crippen molar-refractivity contribution in [2.24, 2.45) is 0 Å². The van der Waals surface area contributed by atoms with E-state index in [2.05, 4.69) is 53.4 Å². The first-order chi connectivity index (χ1) is 11.3. The van der Waals surface area contributed by atoms with Crippen LogP contribution in [0.25, 0.3) is 10.2 Å². The second-order valence-corrected chi connectivity index (χ2v) is 7.09. The van der Waals surface area contributed by atoms with E-state index in [1.807, 2.05) is 11.3 Å². The number of rotatable bonds is 4. The third-order valence-electron chi connectivity index (χ3n) is 4.54. The number of para-hydroxylation sites is 1. The van der Waals surface area contributed by atoms with Gasteiger partial charge in [-0.25, -0.2) is 4.98 Å². The predicted molar refractivity (Wildman–Crippen MR) is 95.0 cm³/mol. The lowest BCUT2D eigenvalue weighted by molar-refractivity contribution is 0.248. The van der Waals surface area contributed by atoms with Crippen LogP contribution in [-0.2, 0) is 6.54 Å². The highest BCUT2D eigenvalue weighted by Gasteiger charge is 2.26. The molecule has 4 heteroatoms. The number of methoxy groups -OCH3 is 1. The Bertz CT molecular complexity index is 763. The highest BCUT2D eigenvalue weighted by atomic mass is 32.1. The van der Waals surface area contributed by atoms with Crippen molar-refractivity contribution in [3.63, 3.8) is 0 Å². The quantitative estimate of drug-likeness (QED) is 0.699. The number of likely N-dealkylation sites (tertiary alicyclic amines) is 1. The summed E-state index contributed by atoms with van der Waals surface area (Å²) in [7, 11) is 1.71. The Morgan fingerprint density at radius 1 is 1.17 bits per heavy atom. The second kappa shape index (κ2) is 6.30. The number of nitrogens with zero attached hydrogens (tertiary/aromatic N) is 2. The van der Waals surface area contributed by atoms with Crippen molar-refractivity contribution in [1.82, 2.24) is 9.88 Å². The molecule has 1 saturated heterocycles. The molecule has 1 atom stereocenters. The average molecular weight is 324 g/mol. The molecule has 4 rings (SSSR count). The number of ether oxygens (including phenoxy) is 1. The summed E-state index contributed by atoms with van der Waals surface area (Å²) in [6.07, 6.45) is 2.47. The van der Waals surface area contributed by atoms with E-state index >= 15 is 0 Å².